The van der Waals surface area contributed by atoms with Crippen molar-refractivity contribution in [1.82, 2.24) is 9.97 Å². The summed E-state index contributed by atoms with van der Waals surface area (Å²) in [4.78, 5) is 7.78. The van der Waals surface area contributed by atoms with Gasteiger partial charge in [0.1, 0.15) is 5.75 Å². The highest BCUT2D eigenvalue weighted by Gasteiger charge is 2.02. The van der Waals surface area contributed by atoms with Crippen molar-refractivity contribution in [2.75, 3.05) is 5.73 Å². The van der Waals surface area contributed by atoms with Crippen LogP contribution in [0.2, 0.25) is 0 Å². The fourth-order valence-electron chi connectivity index (χ4n) is 1.44. The number of nitrogens with two attached hydrogens (primary N) is 1. The van der Waals surface area contributed by atoms with E-state index in [1.807, 2.05) is 26.0 Å². The van der Waals surface area contributed by atoms with Crippen LogP contribution < -0.4 is 10.5 Å². The van der Waals surface area contributed by atoms with Gasteiger partial charge >= 0.3 is 0 Å². The van der Waals surface area contributed by atoms with E-state index in [4.69, 9.17) is 10.5 Å². The average Bonchev–Trinajstić information content (AvgIpc) is 2.22. The molecule has 16 heavy (non-hydrogen) atoms. The fourth-order valence-corrected chi connectivity index (χ4v) is 1.44. The monoisotopic (exact) mass is 215 g/mol. The lowest BCUT2D eigenvalue weighted by atomic mass is 10.1. The first-order valence-corrected chi connectivity index (χ1v) is 4.99. The molecule has 0 saturated heterocycles. The van der Waals surface area contributed by atoms with Gasteiger partial charge in [0.05, 0.1) is 0 Å². The van der Waals surface area contributed by atoms with Crippen LogP contribution in [-0.2, 0) is 0 Å². The Morgan fingerprint density at radius 2 is 2.00 bits per heavy atom. The van der Waals surface area contributed by atoms with Crippen LogP contribution in [-0.4, -0.2) is 9.97 Å². The van der Waals surface area contributed by atoms with Crippen LogP contribution in [0.5, 0.6) is 11.6 Å². The number of rotatable bonds is 2. The van der Waals surface area contributed by atoms with Gasteiger partial charge < -0.3 is 10.5 Å². The fraction of sp³-hybridized carbons (Fsp3) is 0.167. The minimum atomic E-state index is 0.210. The number of benzene rings is 1. The summed E-state index contributed by atoms with van der Waals surface area (Å²) >= 11 is 0. The van der Waals surface area contributed by atoms with Gasteiger partial charge in [-0.1, -0.05) is 17.7 Å². The zero-order valence-electron chi connectivity index (χ0n) is 9.27. The molecule has 0 bridgehead atoms. The van der Waals surface area contributed by atoms with Gasteiger partial charge in [-0.25, -0.2) is 4.98 Å². The van der Waals surface area contributed by atoms with Crippen molar-refractivity contribution in [3.8, 4) is 11.6 Å². The van der Waals surface area contributed by atoms with Crippen molar-refractivity contribution in [2.24, 2.45) is 0 Å². The molecule has 0 radical (unpaired) electrons. The van der Waals surface area contributed by atoms with Crippen LogP contribution in [0.1, 0.15) is 11.1 Å². The summed E-state index contributed by atoms with van der Waals surface area (Å²) in [5.41, 5.74) is 7.74. The molecule has 1 aromatic heterocycles. The third kappa shape index (κ3) is 2.28. The van der Waals surface area contributed by atoms with Gasteiger partial charge in [-0.15, -0.1) is 0 Å². The largest absolute Gasteiger partial charge is 0.439 e. The summed E-state index contributed by atoms with van der Waals surface area (Å²) in [7, 11) is 0. The molecule has 0 amide bonds. The Bertz CT molecular complexity index is 511. The Morgan fingerprint density at radius 3 is 2.69 bits per heavy atom. The van der Waals surface area contributed by atoms with Gasteiger partial charge in [0, 0.05) is 12.3 Å². The van der Waals surface area contributed by atoms with Crippen LogP contribution in [0.15, 0.2) is 30.5 Å². The highest BCUT2D eigenvalue weighted by Crippen LogP contribution is 2.24. The molecule has 0 aliphatic carbocycles. The highest BCUT2D eigenvalue weighted by atomic mass is 16.5. The van der Waals surface area contributed by atoms with Crippen molar-refractivity contribution < 1.29 is 4.74 Å². The van der Waals surface area contributed by atoms with E-state index in [0.29, 0.717) is 5.88 Å². The summed E-state index contributed by atoms with van der Waals surface area (Å²) in [5.74, 6) is 1.45. The first-order valence-electron chi connectivity index (χ1n) is 4.99. The van der Waals surface area contributed by atoms with Crippen LogP contribution in [0.4, 0.5) is 5.95 Å². The normalized spacial score (nSPS) is 10.1. The number of aromatic nitrogens is 2. The van der Waals surface area contributed by atoms with Crippen molar-refractivity contribution in [3.05, 3.63) is 41.6 Å². The number of aryl methyl sites for hydroxylation is 2. The molecule has 82 valence electrons. The molecule has 2 N–H and O–H groups in total. The van der Waals surface area contributed by atoms with E-state index in [-0.39, 0.29) is 5.95 Å². The summed E-state index contributed by atoms with van der Waals surface area (Å²) in [5, 5.41) is 0. The molecule has 4 heteroatoms. The molecule has 0 saturated carbocycles. The first-order chi connectivity index (χ1) is 7.65. The molecule has 0 aliphatic heterocycles. The Labute approximate surface area is 94.1 Å². The van der Waals surface area contributed by atoms with Gasteiger partial charge in [0.2, 0.25) is 11.8 Å². The maximum Gasteiger partial charge on any atom is 0.224 e. The van der Waals surface area contributed by atoms with Crippen LogP contribution in [0, 0.1) is 13.8 Å². The Morgan fingerprint density at radius 1 is 1.19 bits per heavy atom. The number of nitrogens with zero attached hydrogens (tertiary/aromatic N) is 2. The van der Waals surface area contributed by atoms with E-state index in [1.165, 1.54) is 5.56 Å². The molecule has 0 atom stereocenters. The van der Waals surface area contributed by atoms with E-state index < -0.39 is 0 Å². The van der Waals surface area contributed by atoms with Gasteiger partial charge in [-0.2, -0.15) is 4.98 Å². The lowest BCUT2D eigenvalue weighted by molar-refractivity contribution is 0.459. The molecule has 0 unspecified atom stereocenters. The molecule has 1 heterocycles. The molecule has 0 aliphatic rings. The minimum absolute atomic E-state index is 0.210. The maximum atomic E-state index is 5.61. The summed E-state index contributed by atoms with van der Waals surface area (Å²) in [6.07, 6.45) is 1.57. The van der Waals surface area contributed by atoms with Gasteiger partial charge in [-0.3, -0.25) is 0 Å². The zero-order valence-corrected chi connectivity index (χ0v) is 9.27. The molecule has 0 fully saturated rings. The lowest BCUT2D eigenvalue weighted by Crippen LogP contribution is -1.96. The van der Waals surface area contributed by atoms with Crippen molar-refractivity contribution in [1.29, 1.82) is 0 Å². The summed E-state index contributed by atoms with van der Waals surface area (Å²) < 4.78 is 5.61. The zero-order chi connectivity index (χ0) is 11.5. The van der Waals surface area contributed by atoms with Crippen LogP contribution in [0.3, 0.4) is 0 Å². The maximum absolute atomic E-state index is 5.61. The van der Waals surface area contributed by atoms with E-state index in [0.717, 1.165) is 11.3 Å². The van der Waals surface area contributed by atoms with Crippen molar-refractivity contribution in [3.63, 3.8) is 0 Å². The van der Waals surface area contributed by atoms with Crippen LogP contribution in [0.25, 0.3) is 0 Å². The van der Waals surface area contributed by atoms with E-state index >= 15 is 0 Å². The topological polar surface area (TPSA) is 61.0 Å². The number of hydrogen-bond donors (Lipinski definition) is 1. The third-order valence-electron chi connectivity index (χ3n) is 2.19. The quantitative estimate of drug-likeness (QED) is 0.835. The molecular formula is C12H13N3O. The predicted molar refractivity (Wildman–Crippen MR) is 62.4 cm³/mol. The molecular weight excluding hydrogens is 202 g/mol. The smallest absolute Gasteiger partial charge is 0.224 e. The molecule has 1 aromatic carbocycles. The van der Waals surface area contributed by atoms with E-state index in [2.05, 4.69) is 16.0 Å². The van der Waals surface area contributed by atoms with E-state index in [1.54, 1.807) is 12.3 Å². The number of anilines is 1. The van der Waals surface area contributed by atoms with Crippen molar-refractivity contribution >= 4 is 5.95 Å². The molecule has 2 rings (SSSR count). The number of nitrogen functional groups attached to an aromatic ring is 1. The van der Waals surface area contributed by atoms with Gasteiger partial charge in [0.25, 0.3) is 0 Å². The van der Waals surface area contributed by atoms with Crippen LogP contribution >= 0.6 is 0 Å². The number of hydrogen-bond acceptors (Lipinski definition) is 4. The Hall–Kier alpha value is -2.10. The van der Waals surface area contributed by atoms with Crippen molar-refractivity contribution in [2.45, 2.75) is 13.8 Å². The first kappa shape index (κ1) is 10.4. The lowest BCUT2D eigenvalue weighted by Gasteiger charge is -2.08. The predicted octanol–water partition coefficient (Wildman–Crippen LogP) is 2.47. The second-order valence-electron chi connectivity index (χ2n) is 3.62. The second-order valence-corrected chi connectivity index (χ2v) is 3.62. The van der Waals surface area contributed by atoms with Gasteiger partial charge in [0.15, 0.2) is 0 Å². The average molecular weight is 215 g/mol. The highest BCUT2D eigenvalue weighted by molar-refractivity contribution is 5.38. The summed E-state index contributed by atoms with van der Waals surface area (Å²) in [6, 6.07) is 7.64. The minimum Gasteiger partial charge on any atom is -0.439 e. The van der Waals surface area contributed by atoms with E-state index in [9.17, 15) is 0 Å². The Kier molecular flexibility index (Phi) is 2.72. The third-order valence-corrected chi connectivity index (χ3v) is 2.19. The summed E-state index contributed by atoms with van der Waals surface area (Å²) in [6.45, 7) is 4.03. The molecule has 4 nitrogen and oxygen atoms in total. The van der Waals surface area contributed by atoms with Gasteiger partial charge in [-0.05, 0) is 25.5 Å². The SMILES string of the molecule is Cc1ccc(Oc2ccnc(N)n2)c(C)c1. The molecule has 0 spiro atoms. The Balaban J connectivity index is 2.27. The standard InChI is InChI=1S/C12H13N3O/c1-8-3-4-10(9(2)7-8)16-11-5-6-14-12(13)15-11/h3-7H,1-2H3,(H2,13,14,15). The second kappa shape index (κ2) is 4.18. The molecule has 2 aromatic rings. The number of ether oxygens (including phenoxy) is 1.